The third-order valence-corrected chi connectivity index (χ3v) is 7.32. The van der Waals surface area contributed by atoms with Gasteiger partial charge in [0.15, 0.2) is 5.58 Å². The van der Waals surface area contributed by atoms with Gasteiger partial charge in [-0.2, -0.15) is 0 Å². The maximum atomic E-state index is 6.24. The molecule has 0 amide bonds. The Kier molecular flexibility index (Phi) is 5.07. The SMILES string of the molecule is c1ccc(-c2cccc(-n3c4ccccc4c4c(-c5ccccn5)cc(-c5nc6ccccc6o5)cc43)c2)nc1. The van der Waals surface area contributed by atoms with Crippen molar-refractivity contribution in [3.8, 4) is 39.7 Å². The van der Waals surface area contributed by atoms with Gasteiger partial charge < -0.3 is 8.98 Å². The summed E-state index contributed by atoms with van der Waals surface area (Å²) in [5, 5.41) is 2.29. The predicted molar refractivity (Wildman–Crippen MR) is 160 cm³/mol. The van der Waals surface area contributed by atoms with E-state index < -0.39 is 0 Å². The van der Waals surface area contributed by atoms with Crippen LogP contribution in [0.4, 0.5) is 0 Å². The number of aromatic nitrogens is 4. The second-order valence-electron chi connectivity index (χ2n) is 9.74. The second-order valence-corrected chi connectivity index (χ2v) is 9.74. The standard InChI is InChI=1S/C35H22N4O/c1-3-16-31-26(12-1)34-27(29-14-6-8-19-37-29)21-24(35-38-30-15-2-4-17-33(30)40-35)22-32(34)39(31)25-11-9-10-23(20-25)28-13-5-7-18-36-28/h1-22H. The topological polar surface area (TPSA) is 56.7 Å². The Morgan fingerprint density at radius 3 is 2.17 bits per heavy atom. The molecule has 0 aliphatic heterocycles. The molecule has 40 heavy (non-hydrogen) atoms. The van der Waals surface area contributed by atoms with Crippen LogP contribution in [-0.2, 0) is 0 Å². The highest BCUT2D eigenvalue weighted by molar-refractivity contribution is 6.16. The Labute approximate surface area is 230 Å². The highest BCUT2D eigenvalue weighted by Crippen LogP contribution is 2.41. The summed E-state index contributed by atoms with van der Waals surface area (Å²) in [6.07, 6.45) is 3.66. The lowest BCUT2D eigenvalue weighted by Crippen LogP contribution is -1.95. The predicted octanol–water partition coefficient (Wildman–Crippen LogP) is 8.72. The molecule has 0 saturated carbocycles. The average molecular weight is 515 g/mol. The number of oxazole rings is 1. The molecular formula is C35H22N4O. The van der Waals surface area contributed by atoms with Crippen LogP contribution in [0.2, 0.25) is 0 Å². The van der Waals surface area contributed by atoms with E-state index in [0.29, 0.717) is 5.89 Å². The van der Waals surface area contributed by atoms with Crippen LogP contribution < -0.4 is 0 Å². The lowest BCUT2D eigenvalue weighted by atomic mass is 10.00. The van der Waals surface area contributed by atoms with Crippen LogP contribution in [0.25, 0.3) is 72.6 Å². The van der Waals surface area contributed by atoms with Gasteiger partial charge in [-0.25, -0.2) is 4.98 Å². The van der Waals surface area contributed by atoms with Gasteiger partial charge >= 0.3 is 0 Å². The fourth-order valence-corrected chi connectivity index (χ4v) is 5.56. The number of fused-ring (bicyclic) bond motifs is 4. The Bertz CT molecular complexity index is 2130. The Hall–Kier alpha value is -5.55. The third kappa shape index (κ3) is 3.60. The molecule has 5 nitrogen and oxygen atoms in total. The molecule has 8 aromatic rings. The lowest BCUT2D eigenvalue weighted by Gasteiger charge is -2.11. The fourth-order valence-electron chi connectivity index (χ4n) is 5.56. The minimum atomic E-state index is 0.583. The molecule has 5 heteroatoms. The first-order valence-corrected chi connectivity index (χ1v) is 13.2. The average Bonchev–Trinajstić information content (AvgIpc) is 3.61. The van der Waals surface area contributed by atoms with Crippen LogP contribution in [0.3, 0.4) is 0 Å². The zero-order valence-corrected chi connectivity index (χ0v) is 21.4. The van der Waals surface area contributed by atoms with Gasteiger partial charge in [-0.1, -0.05) is 54.6 Å². The van der Waals surface area contributed by atoms with Crippen LogP contribution >= 0.6 is 0 Å². The molecule has 0 atom stereocenters. The van der Waals surface area contributed by atoms with Gasteiger partial charge in [-0.05, 0) is 66.7 Å². The van der Waals surface area contributed by atoms with Gasteiger partial charge in [-0.15, -0.1) is 0 Å². The zero-order chi connectivity index (χ0) is 26.5. The number of para-hydroxylation sites is 3. The zero-order valence-electron chi connectivity index (χ0n) is 21.4. The van der Waals surface area contributed by atoms with Crippen LogP contribution in [-0.4, -0.2) is 19.5 Å². The van der Waals surface area contributed by atoms with Crippen molar-refractivity contribution < 1.29 is 4.42 Å². The van der Waals surface area contributed by atoms with Crippen molar-refractivity contribution in [2.24, 2.45) is 0 Å². The smallest absolute Gasteiger partial charge is 0.227 e. The van der Waals surface area contributed by atoms with Gasteiger partial charge in [0.1, 0.15) is 5.52 Å². The van der Waals surface area contributed by atoms with Crippen LogP contribution in [0.5, 0.6) is 0 Å². The van der Waals surface area contributed by atoms with Crippen LogP contribution in [0.15, 0.2) is 138 Å². The molecule has 4 aromatic heterocycles. The first-order valence-electron chi connectivity index (χ1n) is 13.2. The van der Waals surface area contributed by atoms with E-state index in [0.717, 1.165) is 66.7 Å². The van der Waals surface area contributed by atoms with E-state index in [2.05, 4.69) is 76.3 Å². The highest BCUT2D eigenvalue weighted by Gasteiger charge is 2.20. The highest BCUT2D eigenvalue weighted by atomic mass is 16.3. The maximum absolute atomic E-state index is 6.24. The molecule has 188 valence electrons. The molecule has 0 aliphatic rings. The molecule has 0 bridgehead atoms. The van der Waals surface area contributed by atoms with E-state index in [1.165, 1.54) is 0 Å². The lowest BCUT2D eigenvalue weighted by molar-refractivity contribution is 0.620. The molecule has 0 radical (unpaired) electrons. The third-order valence-electron chi connectivity index (χ3n) is 7.32. The molecule has 4 aromatic carbocycles. The summed E-state index contributed by atoms with van der Waals surface area (Å²) in [5.74, 6) is 0.583. The van der Waals surface area contributed by atoms with Crippen molar-refractivity contribution in [1.82, 2.24) is 19.5 Å². The fraction of sp³-hybridized carbons (Fsp3) is 0. The summed E-state index contributed by atoms with van der Waals surface area (Å²) < 4.78 is 8.56. The number of rotatable bonds is 4. The maximum Gasteiger partial charge on any atom is 0.227 e. The first-order chi connectivity index (χ1) is 19.8. The molecule has 0 spiro atoms. The molecule has 0 N–H and O–H groups in total. The minimum Gasteiger partial charge on any atom is -0.436 e. The van der Waals surface area contributed by atoms with Crippen molar-refractivity contribution >= 4 is 32.9 Å². The largest absolute Gasteiger partial charge is 0.436 e. The summed E-state index contributed by atoms with van der Waals surface area (Å²) in [5.41, 5.74) is 9.64. The molecule has 0 saturated heterocycles. The molecule has 4 heterocycles. The van der Waals surface area contributed by atoms with Gasteiger partial charge in [0, 0.05) is 45.5 Å². The van der Waals surface area contributed by atoms with E-state index in [-0.39, 0.29) is 0 Å². The number of nitrogens with zero attached hydrogens (tertiary/aromatic N) is 4. The van der Waals surface area contributed by atoms with Crippen molar-refractivity contribution in [1.29, 1.82) is 0 Å². The summed E-state index contributed by atoms with van der Waals surface area (Å²) in [6, 6.07) is 41.3. The van der Waals surface area contributed by atoms with Crippen molar-refractivity contribution in [3.05, 3.63) is 134 Å². The van der Waals surface area contributed by atoms with E-state index in [4.69, 9.17) is 14.4 Å². The van der Waals surface area contributed by atoms with Crippen molar-refractivity contribution in [2.75, 3.05) is 0 Å². The monoisotopic (exact) mass is 514 g/mol. The summed E-state index contributed by atoms with van der Waals surface area (Å²) in [6.45, 7) is 0. The van der Waals surface area contributed by atoms with Crippen LogP contribution in [0, 0.1) is 0 Å². The summed E-state index contributed by atoms with van der Waals surface area (Å²) in [7, 11) is 0. The molecule has 0 unspecified atom stereocenters. The normalized spacial score (nSPS) is 11.5. The van der Waals surface area contributed by atoms with E-state index in [1.807, 2.05) is 67.0 Å². The quantitative estimate of drug-likeness (QED) is 0.236. The Morgan fingerprint density at radius 1 is 0.575 bits per heavy atom. The van der Waals surface area contributed by atoms with Gasteiger partial charge in [0.25, 0.3) is 0 Å². The van der Waals surface area contributed by atoms with E-state index >= 15 is 0 Å². The number of benzene rings is 4. The van der Waals surface area contributed by atoms with E-state index in [1.54, 1.807) is 0 Å². The van der Waals surface area contributed by atoms with Gasteiger partial charge in [-0.3, -0.25) is 9.97 Å². The molecule has 0 aliphatic carbocycles. The minimum absolute atomic E-state index is 0.583. The molecular weight excluding hydrogens is 492 g/mol. The summed E-state index contributed by atoms with van der Waals surface area (Å²) in [4.78, 5) is 14.2. The van der Waals surface area contributed by atoms with E-state index in [9.17, 15) is 0 Å². The van der Waals surface area contributed by atoms with Gasteiger partial charge in [0.05, 0.1) is 22.4 Å². The van der Waals surface area contributed by atoms with Crippen molar-refractivity contribution in [3.63, 3.8) is 0 Å². The Morgan fingerprint density at radius 2 is 1.35 bits per heavy atom. The van der Waals surface area contributed by atoms with Crippen molar-refractivity contribution in [2.45, 2.75) is 0 Å². The van der Waals surface area contributed by atoms with Crippen LogP contribution in [0.1, 0.15) is 0 Å². The summed E-state index contributed by atoms with van der Waals surface area (Å²) >= 11 is 0. The number of hydrogen-bond acceptors (Lipinski definition) is 4. The number of pyridine rings is 2. The van der Waals surface area contributed by atoms with Gasteiger partial charge in [0.2, 0.25) is 5.89 Å². The molecule has 0 fully saturated rings. The first kappa shape index (κ1) is 22.4. The number of hydrogen-bond donors (Lipinski definition) is 0. The Balaban J connectivity index is 1.47. The second kappa shape index (κ2) is 9.03. The molecule has 8 rings (SSSR count).